The predicted octanol–water partition coefficient (Wildman–Crippen LogP) is 0.707. The lowest BCUT2D eigenvalue weighted by atomic mass is 10.2. The average molecular weight is 291 g/mol. The molecule has 2 rings (SSSR count). The molecule has 0 bridgehead atoms. The highest BCUT2D eigenvalue weighted by Crippen LogP contribution is 2.10. The van der Waals surface area contributed by atoms with Gasteiger partial charge in [-0.05, 0) is 43.8 Å². The summed E-state index contributed by atoms with van der Waals surface area (Å²) in [5.41, 5.74) is 1.15. The molecule has 1 aliphatic rings. The first-order valence-electron chi connectivity index (χ1n) is 7.10. The number of hydrogen-bond donors (Lipinski definition) is 2. The van der Waals surface area contributed by atoms with E-state index in [2.05, 4.69) is 20.3 Å². The Morgan fingerprint density at radius 3 is 2.71 bits per heavy atom. The molecular formula is C15H21N3O3. The molecule has 0 unspecified atom stereocenters. The Morgan fingerprint density at radius 1 is 1.24 bits per heavy atom. The highest BCUT2D eigenvalue weighted by atomic mass is 16.5. The van der Waals surface area contributed by atoms with Crippen LogP contribution in [-0.4, -0.2) is 56.6 Å². The van der Waals surface area contributed by atoms with Crippen molar-refractivity contribution in [1.82, 2.24) is 10.2 Å². The van der Waals surface area contributed by atoms with E-state index in [-0.39, 0.29) is 11.9 Å². The smallest absolute Gasteiger partial charge is 0.337 e. The van der Waals surface area contributed by atoms with Gasteiger partial charge in [-0.25, -0.2) is 4.79 Å². The monoisotopic (exact) mass is 291 g/mol. The molecule has 2 N–H and O–H groups in total. The highest BCUT2D eigenvalue weighted by molar-refractivity contribution is 5.93. The van der Waals surface area contributed by atoms with Crippen LogP contribution in [0.4, 0.5) is 5.69 Å². The van der Waals surface area contributed by atoms with Crippen LogP contribution in [0.25, 0.3) is 0 Å². The second kappa shape index (κ2) is 7.75. The van der Waals surface area contributed by atoms with Gasteiger partial charge in [0.2, 0.25) is 5.91 Å². The lowest BCUT2D eigenvalue weighted by Crippen LogP contribution is -2.35. The maximum Gasteiger partial charge on any atom is 0.337 e. The number of anilines is 1. The van der Waals surface area contributed by atoms with E-state index in [9.17, 15) is 9.59 Å². The van der Waals surface area contributed by atoms with Crippen molar-refractivity contribution >= 4 is 17.6 Å². The fourth-order valence-electron chi connectivity index (χ4n) is 2.27. The summed E-state index contributed by atoms with van der Waals surface area (Å²) in [6, 6.07) is 6.68. The summed E-state index contributed by atoms with van der Waals surface area (Å²) >= 11 is 0. The number of amides is 1. The number of nitrogens with zero attached hydrogens (tertiary/aromatic N) is 1. The largest absolute Gasteiger partial charge is 0.465 e. The van der Waals surface area contributed by atoms with E-state index >= 15 is 0 Å². The van der Waals surface area contributed by atoms with E-state index in [1.54, 1.807) is 24.3 Å². The molecule has 0 aromatic heterocycles. The van der Waals surface area contributed by atoms with Crippen LogP contribution in [0.3, 0.4) is 0 Å². The van der Waals surface area contributed by atoms with Gasteiger partial charge in [-0.2, -0.15) is 0 Å². The molecule has 1 heterocycles. The summed E-state index contributed by atoms with van der Waals surface area (Å²) in [6.07, 6.45) is 1.06. The maximum atomic E-state index is 12.0. The van der Waals surface area contributed by atoms with Gasteiger partial charge in [0.05, 0.1) is 19.2 Å². The van der Waals surface area contributed by atoms with Gasteiger partial charge in [0.15, 0.2) is 0 Å². The molecular weight excluding hydrogens is 270 g/mol. The number of benzene rings is 1. The summed E-state index contributed by atoms with van der Waals surface area (Å²) < 4.78 is 4.63. The molecule has 1 fully saturated rings. The van der Waals surface area contributed by atoms with E-state index in [0.29, 0.717) is 17.8 Å². The van der Waals surface area contributed by atoms with Gasteiger partial charge in [-0.1, -0.05) is 0 Å². The van der Waals surface area contributed by atoms with Gasteiger partial charge in [0, 0.05) is 18.8 Å². The van der Waals surface area contributed by atoms with Crippen molar-refractivity contribution in [1.29, 1.82) is 0 Å². The van der Waals surface area contributed by atoms with Crippen LogP contribution < -0.4 is 10.6 Å². The Labute approximate surface area is 124 Å². The van der Waals surface area contributed by atoms with E-state index in [1.807, 2.05) is 0 Å². The fourth-order valence-corrected chi connectivity index (χ4v) is 2.27. The van der Waals surface area contributed by atoms with E-state index in [0.717, 1.165) is 32.6 Å². The Hall–Kier alpha value is -1.92. The third kappa shape index (κ3) is 4.84. The minimum atomic E-state index is -0.384. The van der Waals surface area contributed by atoms with Crippen LogP contribution >= 0.6 is 0 Å². The molecule has 6 heteroatoms. The van der Waals surface area contributed by atoms with Crippen molar-refractivity contribution < 1.29 is 14.3 Å². The van der Waals surface area contributed by atoms with Crippen molar-refractivity contribution in [2.24, 2.45) is 0 Å². The Balaban J connectivity index is 1.85. The minimum Gasteiger partial charge on any atom is -0.465 e. The fraction of sp³-hybridized carbons (Fsp3) is 0.467. The molecule has 21 heavy (non-hydrogen) atoms. The molecule has 0 aliphatic carbocycles. The molecule has 114 valence electrons. The molecule has 1 aliphatic heterocycles. The minimum absolute atomic E-state index is 0.0391. The van der Waals surface area contributed by atoms with Crippen LogP contribution in [0.2, 0.25) is 0 Å². The van der Waals surface area contributed by atoms with Gasteiger partial charge in [-0.3, -0.25) is 9.69 Å². The van der Waals surface area contributed by atoms with Crippen LogP contribution in [0.15, 0.2) is 24.3 Å². The van der Waals surface area contributed by atoms with Crippen molar-refractivity contribution in [2.75, 3.05) is 45.2 Å². The van der Waals surface area contributed by atoms with Gasteiger partial charge in [0.1, 0.15) is 0 Å². The lowest BCUT2D eigenvalue weighted by molar-refractivity contribution is -0.117. The van der Waals surface area contributed by atoms with Crippen LogP contribution in [0.1, 0.15) is 16.8 Å². The van der Waals surface area contributed by atoms with Crippen LogP contribution in [0, 0.1) is 0 Å². The number of methoxy groups -OCH3 is 1. The quantitative estimate of drug-likeness (QED) is 0.799. The molecule has 0 saturated carbocycles. The number of nitrogens with one attached hydrogen (secondary N) is 2. The van der Waals surface area contributed by atoms with Crippen molar-refractivity contribution in [2.45, 2.75) is 6.42 Å². The number of carbonyl (C=O) groups excluding carboxylic acids is 2. The zero-order valence-electron chi connectivity index (χ0n) is 12.2. The summed E-state index contributed by atoms with van der Waals surface area (Å²) in [7, 11) is 1.34. The highest BCUT2D eigenvalue weighted by Gasteiger charge is 2.13. The second-order valence-corrected chi connectivity index (χ2v) is 5.00. The molecule has 0 atom stereocenters. The second-order valence-electron chi connectivity index (χ2n) is 5.00. The first kappa shape index (κ1) is 15.5. The van der Waals surface area contributed by atoms with E-state index in [1.165, 1.54) is 7.11 Å². The van der Waals surface area contributed by atoms with Crippen molar-refractivity contribution in [3.63, 3.8) is 0 Å². The maximum absolute atomic E-state index is 12.0. The van der Waals surface area contributed by atoms with Crippen molar-refractivity contribution in [3.8, 4) is 0 Å². The first-order valence-corrected chi connectivity index (χ1v) is 7.10. The normalized spacial score (nSPS) is 16.0. The lowest BCUT2D eigenvalue weighted by Gasteiger charge is -2.18. The summed E-state index contributed by atoms with van der Waals surface area (Å²) in [6.45, 7) is 4.13. The Morgan fingerprint density at radius 2 is 2.00 bits per heavy atom. The van der Waals surface area contributed by atoms with Gasteiger partial charge in [0.25, 0.3) is 0 Å². The van der Waals surface area contributed by atoms with Crippen molar-refractivity contribution in [3.05, 3.63) is 29.8 Å². The zero-order chi connectivity index (χ0) is 15.1. The molecule has 0 spiro atoms. The standard InChI is InChI=1S/C15H21N3O3/c1-21-15(20)12-3-5-13(6-4-12)17-14(19)11-18-9-2-7-16-8-10-18/h3-6,16H,2,7-11H2,1H3,(H,17,19). The third-order valence-corrected chi connectivity index (χ3v) is 3.39. The molecule has 0 radical (unpaired) electrons. The number of hydrogen-bond acceptors (Lipinski definition) is 5. The SMILES string of the molecule is COC(=O)c1ccc(NC(=O)CN2CCCNCC2)cc1. The summed E-state index contributed by atoms with van der Waals surface area (Å²) in [5.74, 6) is -0.423. The number of ether oxygens (including phenoxy) is 1. The Bertz CT molecular complexity index is 479. The number of esters is 1. The van der Waals surface area contributed by atoms with E-state index < -0.39 is 0 Å². The van der Waals surface area contributed by atoms with E-state index in [4.69, 9.17) is 0 Å². The number of rotatable bonds is 4. The van der Waals surface area contributed by atoms with Gasteiger partial charge < -0.3 is 15.4 Å². The summed E-state index contributed by atoms with van der Waals surface area (Å²) in [4.78, 5) is 25.5. The average Bonchev–Trinajstić information content (AvgIpc) is 2.75. The predicted molar refractivity (Wildman–Crippen MR) is 80.3 cm³/mol. The molecule has 1 amide bonds. The molecule has 1 saturated heterocycles. The zero-order valence-corrected chi connectivity index (χ0v) is 12.2. The molecule has 1 aromatic rings. The van der Waals surface area contributed by atoms with Gasteiger partial charge in [-0.15, -0.1) is 0 Å². The van der Waals surface area contributed by atoms with Crippen LogP contribution in [0.5, 0.6) is 0 Å². The molecule has 6 nitrogen and oxygen atoms in total. The Kier molecular flexibility index (Phi) is 5.71. The number of carbonyl (C=O) groups is 2. The molecule has 1 aromatic carbocycles. The van der Waals surface area contributed by atoms with Gasteiger partial charge >= 0.3 is 5.97 Å². The first-order chi connectivity index (χ1) is 10.2. The summed E-state index contributed by atoms with van der Waals surface area (Å²) in [5, 5.41) is 6.15. The third-order valence-electron chi connectivity index (χ3n) is 3.39. The van der Waals surface area contributed by atoms with Crippen LogP contribution in [-0.2, 0) is 9.53 Å². The topological polar surface area (TPSA) is 70.7 Å².